The maximum Gasteiger partial charge on any atom is 0.170 e. The van der Waals surface area contributed by atoms with Crippen molar-refractivity contribution in [1.29, 1.82) is 0 Å². The number of thiocarbonyl (C=S) groups is 1. The fourth-order valence-corrected chi connectivity index (χ4v) is 2.89. The third-order valence-corrected chi connectivity index (χ3v) is 4.35. The number of thioether (sulfide) groups is 1. The molecule has 0 bridgehead atoms. The number of aryl methyl sites for hydroxylation is 1. The van der Waals surface area contributed by atoms with Crippen LogP contribution >= 0.6 is 24.0 Å². The van der Waals surface area contributed by atoms with Crippen molar-refractivity contribution >= 4 is 34.8 Å². The third kappa shape index (κ3) is 5.66. The molecule has 116 valence electrons. The summed E-state index contributed by atoms with van der Waals surface area (Å²) in [6, 6.07) is 15.4. The first-order chi connectivity index (χ1) is 10.6. The Morgan fingerprint density at radius 1 is 1.18 bits per heavy atom. The SMILES string of the molecule is Cc1ccc(NC(=S)NCCSCc2ccccc2)cc1F. The zero-order valence-electron chi connectivity index (χ0n) is 12.4. The van der Waals surface area contributed by atoms with Crippen molar-refractivity contribution in [2.45, 2.75) is 12.7 Å². The normalized spacial score (nSPS) is 10.3. The Labute approximate surface area is 140 Å². The highest BCUT2D eigenvalue weighted by atomic mass is 32.2. The number of halogens is 1. The van der Waals surface area contributed by atoms with Crippen molar-refractivity contribution in [2.75, 3.05) is 17.6 Å². The summed E-state index contributed by atoms with van der Waals surface area (Å²) in [7, 11) is 0. The molecular weight excluding hydrogens is 315 g/mol. The number of nitrogens with one attached hydrogen (secondary N) is 2. The lowest BCUT2D eigenvalue weighted by Crippen LogP contribution is -2.30. The van der Waals surface area contributed by atoms with Gasteiger partial charge >= 0.3 is 0 Å². The minimum absolute atomic E-state index is 0.230. The van der Waals surface area contributed by atoms with E-state index in [2.05, 4.69) is 22.8 Å². The second kappa shape index (κ2) is 8.76. The zero-order valence-corrected chi connectivity index (χ0v) is 14.1. The molecule has 0 saturated carbocycles. The van der Waals surface area contributed by atoms with Crippen molar-refractivity contribution in [2.24, 2.45) is 0 Å². The van der Waals surface area contributed by atoms with Crippen LogP contribution in [0.25, 0.3) is 0 Å². The number of rotatable bonds is 6. The Hall–Kier alpha value is -1.59. The van der Waals surface area contributed by atoms with Gasteiger partial charge < -0.3 is 10.6 Å². The monoisotopic (exact) mass is 334 g/mol. The molecule has 22 heavy (non-hydrogen) atoms. The maximum absolute atomic E-state index is 13.4. The first kappa shape index (κ1) is 16.8. The van der Waals surface area contributed by atoms with Gasteiger partial charge in [0.2, 0.25) is 0 Å². The lowest BCUT2D eigenvalue weighted by atomic mass is 10.2. The summed E-state index contributed by atoms with van der Waals surface area (Å²) < 4.78 is 13.4. The average Bonchev–Trinajstić information content (AvgIpc) is 2.52. The van der Waals surface area contributed by atoms with E-state index in [0.717, 1.165) is 18.1 Å². The molecule has 0 aliphatic carbocycles. The average molecular weight is 334 g/mol. The van der Waals surface area contributed by atoms with Crippen LogP contribution in [0.4, 0.5) is 10.1 Å². The highest BCUT2D eigenvalue weighted by Crippen LogP contribution is 2.13. The van der Waals surface area contributed by atoms with Crippen molar-refractivity contribution in [3.63, 3.8) is 0 Å². The number of hydrogen-bond acceptors (Lipinski definition) is 2. The van der Waals surface area contributed by atoms with Gasteiger partial charge in [0.1, 0.15) is 5.82 Å². The zero-order chi connectivity index (χ0) is 15.8. The largest absolute Gasteiger partial charge is 0.362 e. The van der Waals surface area contributed by atoms with E-state index in [-0.39, 0.29) is 5.82 Å². The van der Waals surface area contributed by atoms with Gasteiger partial charge in [0, 0.05) is 23.7 Å². The van der Waals surface area contributed by atoms with Crippen LogP contribution in [0.15, 0.2) is 48.5 Å². The van der Waals surface area contributed by atoms with Crippen LogP contribution in [0, 0.1) is 12.7 Å². The van der Waals surface area contributed by atoms with Crippen LogP contribution in [-0.4, -0.2) is 17.4 Å². The van der Waals surface area contributed by atoms with Crippen molar-refractivity contribution in [3.8, 4) is 0 Å². The van der Waals surface area contributed by atoms with E-state index in [4.69, 9.17) is 12.2 Å². The van der Waals surface area contributed by atoms with Crippen LogP contribution in [0.1, 0.15) is 11.1 Å². The summed E-state index contributed by atoms with van der Waals surface area (Å²) >= 11 is 7.05. The molecule has 5 heteroatoms. The Morgan fingerprint density at radius 2 is 1.95 bits per heavy atom. The smallest absolute Gasteiger partial charge is 0.170 e. The van der Waals surface area contributed by atoms with E-state index < -0.39 is 0 Å². The molecule has 2 N–H and O–H groups in total. The van der Waals surface area contributed by atoms with Crippen LogP contribution in [0.3, 0.4) is 0 Å². The van der Waals surface area contributed by atoms with Crippen LogP contribution in [0.5, 0.6) is 0 Å². The molecule has 0 aromatic heterocycles. The van der Waals surface area contributed by atoms with E-state index in [9.17, 15) is 4.39 Å². The predicted molar refractivity (Wildman–Crippen MR) is 98.0 cm³/mol. The van der Waals surface area contributed by atoms with E-state index in [1.165, 1.54) is 11.6 Å². The summed E-state index contributed by atoms with van der Waals surface area (Å²) in [4.78, 5) is 0. The van der Waals surface area contributed by atoms with Crippen LogP contribution < -0.4 is 10.6 Å². The molecule has 0 unspecified atom stereocenters. The molecule has 0 amide bonds. The highest BCUT2D eigenvalue weighted by molar-refractivity contribution is 7.98. The molecular formula is C17H19FN2S2. The fourth-order valence-electron chi connectivity index (χ4n) is 1.85. The molecule has 0 atom stereocenters. The van der Waals surface area contributed by atoms with Gasteiger partial charge in [-0.15, -0.1) is 0 Å². The summed E-state index contributed by atoms with van der Waals surface area (Å²) in [5.41, 5.74) is 2.61. The van der Waals surface area contributed by atoms with Crippen molar-refractivity contribution in [1.82, 2.24) is 5.32 Å². The molecule has 2 aromatic rings. The molecule has 0 heterocycles. The van der Waals surface area contributed by atoms with Gasteiger partial charge in [0.05, 0.1) is 0 Å². The molecule has 2 rings (SSSR count). The van der Waals surface area contributed by atoms with E-state index in [1.807, 2.05) is 36.0 Å². The van der Waals surface area contributed by atoms with Gasteiger partial charge in [-0.25, -0.2) is 4.39 Å². The molecule has 0 fully saturated rings. The number of anilines is 1. The summed E-state index contributed by atoms with van der Waals surface area (Å²) in [6.07, 6.45) is 0. The predicted octanol–water partition coefficient (Wildman–Crippen LogP) is 4.35. The van der Waals surface area contributed by atoms with Gasteiger partial charge in [-0.05, 0) is 42.4 Å². The Bertz CT molecular complexity index is 617. The van der Waals surface area contributed by atoms with E-state index >= 15 is 0 Å². The van der Waals surface area contributed by atoms with E-state index in [0.29, 0.717) is 16.4 Å². The first-order valence-corrected chi connectivity index (χ1v) is 8.64. The van der Waals surface area contributed by atoms with E-state index in [1.54, 1.807) is 13.0 Å². The quantitative estimate of drug-likeness (QED) is 0.606. The molecule has 2 nitrogen and oxygen atoms in total. The molecule has 0 radical (unpaired) electrons. The van der Waals surface area contributed by atoms with Crippen LogP contribution in [0.2, 0.25) is 0 Å². The molecule has 0 spiro atoms. The standard InChI is InChI=1S/C17H19FN2S2/c1-13-7-8-15(11-16(13)18)20-17(21)19-9-10-22-12-14-5-3-2-4-6-14/h2-8,11H,9-10,12H2,1H3,(H2,19,20,21). The second-order valence-electron chi connectivity index (χ2n) is 4.88. The third-order valence-electron chi connectivity index (χ3n) is 3.07. The highest BCUT2D eigenvalue weighted by Gasteiger charge is 2.01. The molecule has 0 aliphatic heterocycles. The van der Waals surface area contributed by atoms with Gasteiger partial charge in [-0.1, -0.05) is 36.4 Å². The second-order valence-corrected chi connectivity index (χ2v) is 6.40. The fraction of sp³-hybridized carbons (Fsp3) is 0.235. The Balaban J connectivity index is 1.64. The van der Waals surface area contributed by atoms with Gasteiger partial charge in [-0.2, -0.15) is 11.8 Å². The lowest BCUT2D eigenvalue weighted by Gasteiger charge is -2.11. The minimum atomic E-state index is -0.230. The van der Waals surface area contributed by atoms with Gasteiger partial charge in [-0.3, -0.25) is 0 Å². The molecule has 0 saturated heterocycles. The summed E-state index contributed by atoms with van der Waals surface area (Å²) in [5, 5.41) is 6.64. The first-order valence-electron chi connectivity index (χ1n) is 7.08. The minimum Gasteiger partial charge on any atom is -0.362 e. The maximum atomic E-state index is 13.4. The summed E-state index contributed by atoms with van der Waals surface area (Å²) in [6.45, 7) is 2.51. The van der Waals surface area contributed by atoms with Crippen LogP contribution in [-0.2, 0) is 5.75 Å². The topological polar surface area (TPSA) is 24.1 Å². The Kier molecular flexibility index (Phi) is 6.68. The van der Waals surface area contributed by atoms with Gasteiger partial charge in [0.15, 0.2) is 5.11 Å². The number of benzene rings is 2. The van der Waals surface area contributed by atoms with Crippen molar-refractivity contribution < 1.29 is 4.39 Å². The van der Waals surface area contributed by atoms with Gasteiger partial charge in [0.25, 0.3) is 0 Å². The summed E-state index contributed by atoms with van der Waals surface area (Å²) in [5.74, 6) is 1.72. The molecule has 0 aliphatic rings. The Morgan fingerprint density at radius 3 is 2.68 bits per heavy atom. The molecule has 2 aromatic carbocycles. The number of hydrogen-bond donors (Lipinski definition) is 2. The lowest BCUT2D eigenvalue weighted by molar-refractivity contribution is 0.619. The van der Waals surface area contributed by atoms with Crippen molar-refractivity contribution in [3.05, 3.63) is 65.5 Å².